The first-order valence-corrected chi connectivity index (χ1v) is 12.2. The summed E-state index contributed by atoms with van der Waals surface area (Å²) in [6, 6.07) is 25.3. The van der Waals surface area contributed by atoms with Crippen molar-refractivity contribution in [3.8, 4) is 0 Å². The molecule has 0 unspecified atom stereocenters. The van der Waals surface area contributed by atoms with Crippen LogP contribution in [0.1, 0.15) is 23.1 Å². The number of para-hydroxylation sites is 1. The van der Waals surface area contributed by atoms with E-state index in [-0.39, 0.29) is 17.2 Å². The van der Waals surface area contributed by atoms with Crippen molar-refractivity contribution >= 4 is 34.3 Å². The van der Waals surface area contributed by atoms with Gasteiger partial charge in [0, 0.05) is 6.42 Å². The van der Waals surface area contributed by atoms with Gasteiger partial charge in [0.05, 0.1) is 35.5 Å². The number of thioether (sulfide) groups is 1. The molecular formula is C27H24N4O2S. The van der Waals surface area contributed by atoms with Crippen LogP contribution in [0.3, 0.4) is 0 Å². The Kier molecular flexibility index (Phi) is 6.27. The third kappa shape index (κ3) is 4.65. The van der Waals surface area contributed by atoms with Gasteiger partial charge < -0.3 is 0 Å². The Morgan fingerprint density at radius 2 is 1.71 bits per heavy atom. The topological polar surface area (TPSA) is 67.6 Å². The van der Waals surface area contributed by atoms with Crippen molar-refractivity contribution in [3.63, 3.8) is 0 Å². The van der Waals surface area contributed by atoms with Gasteiger partial charge in [-0.1, -0.05) is 84.1 Å². The minimum atomic E-state index is -0.105. The van der Waals surface area contributed by atoms with Crippen molar-refractivity contribution in [1.82, 2.24) is 14.6 Å². The third-order valence-corrected chi connectivity index (χ3v) is 6.77. The van der Waals surface area contributed by atoms with Gasteiger partial charge in [0.2, 0.25) is 0 Å². The van der Waals surface area contributed by atoms with E-state index in [0.29, 0.717) is 29.1 Å². The average molecular weight is 469 g/mol. The summed E-state index contributed by atoms with van der Waals surface area (Å²) in [7, 11) is 0. The second-order valence-corrected chi connectivity index (χ2v) is 9.20. The first kappa shape index (κ1) is 22.1. The fourth-order valence-corrected chi connectivity index (χ4v) is 4.81. The van der Waals surface area contributed by atoms with Crippen molar-refractivity contribution in [2.24, 2.45) is 5.10 Å². The first-order chi connectivity index (χ1) is 16.6. The summed E-state index contributed by atoms with van der Waals surface area (Å²) in [5, 5.41) is 7.16. The molecule has 4 aromatic rings. The molecule has 170 valence electrons. The highest BCUT2D eigenvalue weighted by Gasteiger charge is 2.22. The lowest BCUT2D eigenvalue weighted by molar-refractivity contribution is -0.127. The van der Waals surface area contributed by atoms with Crippen molar-refractivity contribution in [1.29, 1.82) is 0 Å². The van der Waals surface area contributed by atoms with Crippen molar-refractivity contribution < 1.29 is 4.79 Å². The monoisotopic (exact) mass is 468 g/mol. The van der Waals surface area contributed by atoms with Gasteiger partial charge >= 0.3 is 0 Å². The molecule has 0 atom stereocenters. The number of hydrogen-bond acceptors (Lipinski definition) is 5. The highest BCUT2D eigenvalue weighted by atomic mass is 32.2. The quantitative estimate of drug-likeness (QED) is 0.309. The second-order valence-electron chi connectivity index (χ2n) is 8.26. The van der Waals surface area contributed by atoms with E-state index >= 15 is 0 Å². The summed E-state index contributed by atoms with van der Waals surface area (Å²) in [6.45, 7) is 2.99. The average Bonchev–Trinajstić information content (AvgIpc) is 3.37. The Balaban J connectivity index is 1.39. The fraction of sp³-hybridized carbons (Fsp3) is 0.185. The molecule has 1 aliphatic rings. The van der Waals surface area contributed by atoms with Crippen molar-refractivity contribution in [2.75, 3.05) is 12.3 Å². The number of carbonyl (C=O) groups excluding carboxylic acids is 1. The molecule has 7 heteroatoms. The first-order valence-electron chi connectivity index (χ1n) is 11.2. The largest absolute Gasteiger partial charge is 0.283 e. The molecule has 0 spiro atoms. The Morgan fingerprint density at radius 3 is 2.50 bits per heavy atom. The van der Waals surface area contributed by atoms with E-state index < -0.39 is 0 Å². The lowest BCUT2D eigenvalue weighted by Crippen LogP contribution is -2.27. The number of nitrogens with zero attached hydrogens (tertiary/aromatic N) is 4. The summed E-state index contributed by atoms with van der Waals surface area (Å²) in [4.78, 5) is 31.0. The van der Waals surface area contributed by atoms with E-state index in [1.807, 2.05) is 79.7 Å². The second kappa shape index (κ2) is 9.65. The molecular weight excluding hydrogens is 444 g/mol. The molecule has 6 nitrogen and oxygen atoms in total. The SMILES string of the molecule is Cc1ccc(Cn2c(SCC(=O)N3CCC(c4ccccc4)=N3)nc3ccccc3c2=O)cc1. The number of amides is 1. The Hall–Kier alpha value is -3.71. The third-order valence-electron chi connectivity index (χ3n) is 5.81. The molecule has 2 heterocycles. The van der Waals surface area contributed by atoms with Crippen LogP contribution in [-0.2, 0) is 11.3 Å². The molecule has 1 aliphatic heterocycles. The molecule has 0 bridgehead atoms. The molecule has 0 N–H and O–H groups in total. The highest BCUT2D eigenvalue weighted by molar-refractivity contribution is 7.99. The normalized spacial score (nSPS) is 13.3. The smallest absolute Gasteiger partial charge is 0.262 e. The summed E-state index contributed by atoms with van der Waals surface area (Å²) >= 11 is 1.28. The van der Waals surface area contributed by atoms with Gasteiger partial charge in [-0.3, -0.25) is 14.2 Å². The summed E-state index contributed by atoms with van der Waals surface area (Å²) < 4.78 is 1.66. The van der Waals surface area contributed by atoms with Crippen LogP contribution in [-0.4, -0.2) is 38.5 Å². The molecule has 0 aliphatic carbocycles. The van der Waals surface area contributed by atoms with E-state index in [1.165, 1.54) is 16.8 Å². The van der Waals surface area contributed by atoms with Crippen LogP contribution >= 0.6 is 11.8 Å². The predicted molar refractivity (Wildman–Crippen MR) is 136 cm³/mol. The highest BCUT2D eigenvalue weighted by Crippen LogP contribution is 2.21. The lowest BCUT2D eigenvalue weighted by atomic mass is 10.1. The zero-order chi connectivity index (χ0) is 23.5. The van der Waals surface area contributed by atoms with Gasteiger partial charge in [-0.2, -0.15) is 5.10 Å². The van der Waals surface area contributed by atoms with Gasteiger partial charge in [0.25, 0.3) is 11.5 Å². The Labute approximate surface area is 201 Å². The molecule has 0 fully saturated rings. The van der Waals surface area contributed by atoms with E-state index in [2.05, 4.69) is 5.10 Å². The standard InChI is InChI=1S/C27H24N4O2S/c1-19-11-13-20(14-12-19)17-30-26(33)22-9-5-6-10-24(22)28-27(30)34-18-25(32)31-16-15-23(29-31)21-7-3-2-4-8-21/h2-14H,15-18H2,1H3. The molecule has 3 aromatic carbocycles. The number of hydrazone groups is 1. The molecule has 0 saturated heterocycles. The summed E-state index contributed by atoms with van der Waals surface area (Å²) in [5.41, 5.74) is 4.65. The summed E-state index contributed by atoms with van der Waals surface area (Å²) in [5.74, 6) is 0.0600. The van der Waals surface area contributed by atoms with Gasteiger partial charge in [-0.15, -0.1) is 0 Å². The number of rotatable bonds is 6. The lowest BCUT2D eigenvalue weighted by Gasteiger charge is -2.15. The number of benzene rings is 3. The van der Waals surface area contributed by atoms with Crippen LogP contribution < -0.4 is 5.56 Å². The van der Waals surface area contributed by atoms with E-state index in [0.717, 1.165) is 28.8 Å². The fourth-order valence-electron chi connectivity index (χ4n) is 3.94. The molecule has 5 rings (SSSR count). The Morgan fingerprint density at radius 1 is 0.971 bits per heavy atom. The van der Waals surface area contributed by atoms with Gasteiger partial charge in [-0.25, -0.2) is 9.99 Å². The Bertz CT molecular complexity index is 1430. The number of carbonyl (C=O) groups is 1. The minimum absolute atomic E-state index is 0.0970. The van der Waals surface area contributed by atoms with Crippen LogP contribution in [0.5, 0.6) is 0 Å². The number of aromatic nitrogens is 2. The maximum absolute atomic E-state index is 13.3. The predicted octanol–water partition coefficient (Wildman–Crippen LogP) is 4.48. The molecule has 0 radical (unpaired) electrons. The number of hydrogen-bond donors (Lipinski definition) is 0. The van der Waals surface area contributed by atoms with Crippen LogP contribution in [0.2, 0.25) is 0 Å². The van der Waals surface area contributed by atoms with Crippen molar-refractivity contribution in [2.45, 2.75) is 25.0 Å². The number of aryl methyl sites for hydroxylation is 1. The van der Waals surface area contributed by atoms with Crippen LogP contribution in [0.4, 0.5) is 0 Å². The van der Waals surface area contributed by atoms with E-state index in [1.54, 1.807) is 10.6 Å². The van der Waals surface area contributed by atoms with Crippen LogP contribution in [0, 0.1) is 6.92 Å². The van der Waals surface area contributed by atoms with Gasteiger partial charge in [-0.05, 0) is 30.2 Å². The molecule has 1 aromatic heterocycles. The van der Waals surface area contributed by atoms with E-state index in [9.17, 15) is 9.59 Å². The van der Waals surface area contributed by atoms with Gasteiger partial charge in [0.1, 0.15) is 0 Å². The van der Waals surface area contributed by atoms with Crippen LogP contribution in [0.25, 0.3) is 10.9 Å². The maximum Gasteiger partial charge on any atom is 0.262 e. The van der Waals surface area contributed by atoms with E-state index in [4.69, 9.17) is 4.98 Å². The maximum atomic E-state index is 13.3. The number of fused-ring (bicyclic) bond motifs is 1. The summed E-state index contributed by atoms with van der Waals surface area (Å²) in [6.07, 6.45) is 0.729. The minimum Gasteiger partial charge on any atom is -0.283 e. The molecule has 1 amide bonds. The zero-order valence-electron chi connectivity index (χ0n) is 18.8. The molecule has 34 heavy (non-hydrogen) atoms. The van der Waals surface area contributed by atoms with Crippen LogP contribution in [0.15, 0.2) is 93.9 Å². The molecule has 0 saturated carbocycles. The zero-order valence-corrected chi connectivity index (χ0v) is 19.7. The van der Waals surface area contributed by atoms with Crippen molar-refractivity contribution in [3.05, 3.63) is 106 Å². The van der Waals surface area contributed by atoms with Gasteiger partial charge in [0.15, 0.2) is 5.16 Å².